The highest BCUT2D eigenvalue weighted by molar-refractivity contribution is 7.13. The van der Waals surface area contributed by atoms with Gasteiger partial charge < -0.3 is 9.47 Å². The van der Waals surface area contributed by atoms with Crippen molar-refractivity contribution in [2.24, 2.45) is 0 Å². The van der Waals surface area contributed by atoms with Crippen molar-refractivity contribution < 1.29 is 14.3 Å². The van der Waals surface area contributed by atoms with E-state index < -0.39 is 0 Å². The lowest BCUT2D eigenvalue weighted by molar-refractivity contribution is 0.0958. The van der Waals surface area contributed by atoms with Crippen LogP contribution in [0.4, 0.5) is 5.69 Å². The van der Waals surface area contributed by atoms with Crippen LogP contribution in [0.5, 0.6) is 17.2 Å². The number of carbonyl (C=O) groups excluding carboxylic acids is 1. The molecule has 0 saturated carbocycles. The van der Waals surface area contributed by atoms with Gasteiger partial charge in [-0.15, -0.1) is 11.3 Å². The van der Waals surface area contributed by atoms with Gasteiger partial charge in [0.25, 0.3) is 5.91 Å². The molecule has 0 saturated heterocycles. The summed E-state index contributed by atoms with van der Waals surface area (Å²) in [4.78, 5) is 17.2. The largest absolute Gasteiger partial charge is 0.488 e. The maximum absolute atomic E-state index is 12.7. The average Bonchev–Trinajstić information content (AvgIpc) is 3.43. The van der Waals surface area contributed by atoms with Gasteiger partial charge in [0, 0.05) is 5.38 Å². The standard InChI is InChI=1S/C29H23N3O3S/c33-28(32-31-22-15-17-24(18-16-22)35-23-11-5-2-6-12-23)26-20-36-29(30-26)25-13-7-8-14-27(25)34-19-21-9-3-1-4-10-21/h1-18,20,31H,19H2,(H,32,33). The minimum Gasteiger partial charge on any atom is -0.488 e. The van der Waals surface area contributed by atoms with E-state index in [9.17, 15) is 4.79 Å². The second kappa shape index (κ2) is 11.2. The van der Waals surface area contributed by atoms with E-state index in [0.29, 0.717) is 23.1 Å². The van der Waals surface area contributed by atoms with Crippen molar-refractivity contribution in [1.82, 2.24) is 10.4 Å². The molecule has 0 spiro atoms. The molecule has 5 aromatic rings. The van der Waals surface area contributed by atoms with Gasteiger partial charge in [-0.1, -0.05) is 60.7 Å². The summed E-state index contributed by atoms with van der Waals surface area (Å²) in [6.45, 7) is 0.454. The molecule has 0 fully saturated rings. The van der Waals surface area contributed by atoms with Crippen LogP contribution in [0.25, 0.3) is 10.6 Å². The van der Waals surface area contributed by atoms with Gasteiger partial charge in [0.2, 0.25) is 0 Å². The van der Waals surface area contributed by atoms with Crippen molar-refractivity contribution in [3.05, 3.63) is 126 Å². The Morgan fingerprint density at radius 2 is 1.44 bits per heavy atom. The van der Waals surface area contributed by atoms with Crippen LogP contribution in [0, 0.1) is 0 Å². The third kappa shape index (κ3) is 5.89. The lowest BCUT2D eigenvalue weighted by Crippen LogP contribution is -2.29. The summed E-state index contributed by atoms with van der Waals surface area (Å²) in [5, 5.41) is 2.45. The topological polar surface area (TPSA) is 72.5 Å². The Morgan fingerprint density at radius 3 is 2.22 bits per heavy atom. The molecule has 36 heavy (non-hydrogen) atoms. The molecule has 1 aromatic heterocycles. The number of thiazole rings is 1. The highest BCUT2D eigenvalue weighted by Crippen LogP contribution is 2.32. The fourth-order valence-electron chi connectivity index (χ4n) is 3.43. The summed E-state index contributed by atoms with van der Waals surface area (Å²) < 4.78 is 11.8. The summed E-state index contributed by atoms with van der Waals surface area (Å²) in [6.07, 6.45) is 0. The molecular weight excluding hydrogens is 470 g/mol. The number of nitrogens with zero attached hydrogens (tertiary/aromatic N) is 1. The van der Waals surface area contributed by atoms with Crippen LogP contribution in [0.3, 0.4) is 0 Å². The molecule has 0 unspecified atom stereocenters. The number of carbonyl (C=O) groups is 1. The molecule has 0 radical (unpaired) electrons. The monoisotopic (exact) mass is 493 g/mol. The average molecular weight is 494 g/mol. The van der Waals surface area contributed by atoms with Gasteiger partial charge in [0.05, 0.1) is 11.3 Å². The van der Waals surface area contributed by atoms with Gasteiger partial charge in [0.15, 0.2) is 0 Å². The molecule has 6 nitrogen and oxygen atoms in total. The second-order valence-corrected chi connectivity index (χ2v) is 8.69. The predicted octanol–water partition coefficient (Wildman–Crippen LogP) is 6.94. The predicted molar refractivity (Wildman–Crippen MR) is 142 cm³/mol. The van der Waals surface area contributed by atoms with Crippen LogP contribution < -0.4 is 20.3 Å². The maximum atomic E-state index is 12.7. The lowest BCUT2D eigenvalue weighted by Gasteiger charge is -2.10. The Balaban J connectivity index is 1.19. The number of rotatable bonds is 9. The van der Waals surface area contributed by atoms with E-state index in [1.54, 1.807) is 5.38 Å². The number of aromatic nitrogens is 1. The van der Waals surface area contributed by atoms with Crippen molar-refractivity contribution in [2.75, 3.05) is 5.43 Å². The van der Waals surface area contributed by atoms with E-state index in [2.05, 4.69) is 15.8 Å². The number of para-hydroxylation sites is 2. The van der Waals surface area contributed by atoms with Gasteiger partial charge in [-0.2, -0.15) is 0 Å². The number of hydrogen-bond acceptors (Lipinski definition) is 6. The Morgan fingerprint density at radius 1 is 0.778 bits per heavy atom. The quantitative estimate of drug-likeness (QED) is 0.218. The van der Waals surface area contributed by atoms with Crippen LogP contribution in [0.1, 0.15) is 16.1 Å². The van der Waals surface area contributed by atoms with Gasteiger partial charge >= 0.3 is 0 Å². The smallest absolute Gasteiger partial charge is 0.289 e. The maximum Gasteiger partial charge on any atom is 0.289 e. The first-order valence-electron chi connectivity index (χ1n) is 11.4. The SMILES string of the molecule is O=C(NNc1ccc(Oc2ccccc2)cc1)c1csc(-c2ccccc2OCc2ccccc2)n1. The minimum atomic E-state index is -0.329. The fourth-order valence-corrected chi connectivity index (χ4v) is 4.26. The first kappa shape index (κ1) is 23.1. The summed E-state index contributed by atoms with van der Waals surface area (Å²) >= 11 is 1.40. The number of anilines is 1. The van der Waals surface area contributed by atoms with Crippen molar-refractivity contribution >= 4 is 22.9 Å². The third-order valence-corrected chi connectivity index (χ3v) is 6.12. The normalized spacial score (nSPS) is 10.4. The fraction of sp³-hybridized carbons (Fsp3) is 0.0345. The minimum absolute atomic E-state index is 0.324. The highest BCUT2D eigenvalue weighted by atomic mass is 32.1. The van der Waals surface area contributed by atoms with E-state index in [0.717, 1.165) is 28.3 Å². The van der Waals surface area contributed by atoms with E-state index in [4.69, 9.17) is 9.47 Å². The van der Waals surface area contributed by atoms with Crippen molar-refractivity contribution in [1.29, 1.82) is 0 Å². The molecular formula is C29H23N3O3S. The zero-order valence-electron chi connectivity index (χ0n) is 19.3. The van der Waals surface area contributed by atoms with Crippen LogP contribution in [0.15, 0.2) is 115 Å². The van der Waals surface area contributed by atoms with E-state index >= 15 is 0 Å². The molecule has 0 aliphatic heterocycles. The molecule has 0 aliphatic rings. The van der Waals surface area contributed by atoms with E-state index in [1.807, 2.05) is 109 Å². The van der Waals surface area contributed by atoms with Crippen LogP contribution >= 0.6 is 11.3 Å². The van der Waals surface area contributed by atoms with Gasteiger partial charge in [-0.3, -0.25) is 15.6 Å². The molecule has 0 aliphatic carbocycles. The zero-order chi connectivity index (χ0) is 24.6. The number of hydrogen-bond donors (Lipinski definition) is 2. The molecule has 2 N–H and O–H groups in total. The number of ether oxygens (including phenoxy) is 2. The number of hydrazine groups is 1. The van der Waals surface area contributed by atoms with E-state index in [1.165, 1.54) is 11.3 Å². The molecule has 0 bridgehead atoms. The first-order valence-corrected chi connectivity index (χ1v) is 12.2. The number of benzene rings is 4. The molecule has 4 aromatic carbocycles. The summed E-state index contributed by atoms with van der Waals surface area (Å²) in [5.41, 5.74) is 8.58. The number of nitrogens with one attached hydrogen (secondary N) is 2. The van der Waals surface area contributed by atoms with Crippen molar-refractivity contribution in [3.8, 4) is 27.8 Å². The Labute approximate surface area is 213 Å². The molecule has 178 valence electrons. The Hall–Kier alpha value is -4.62. The third-order valence-electron chi connectivity index (χ3n) is 5.25. The summed E-state index contributed by atoms with van der Waals surface area (Å²) in [7, 11) is 0. The van der Waals surface area contributed by atoms with Gasteiger partial charge in [0.1, 0.15) is 34.6 Å². The van der Waals surface area contributed by atoms with Crippen LogP contribution in [-0.2, 0) is 6.61 Å². The molecule has 1 heterocycles. The zero-order valence-corrected chi connectivity index (χ0v) is 20.1. The molecule has 0 atom stereocenters. The van der Waals surface area contributed by atoms with Crippen molar-refractivity contribution in [2.45, 2.75) is 6.61 Å². The van der Waals surface area contributed by atoms with Gasteiger partial charge in [-0.25, -0.2) is 4.98 Å². The van der Waals surface area contributed by atoms with Crippen LogP contribution in [-0.4, -0.2) is 10.9 Å². The number of amides is 1. The second-order valence-electron chi connectivity index (χ2n) is 7.83. The summed E-state index contributed by atoms with van der Waals surface area (Å²) in [6, 6.07) is 34.5. The highest BCUT2D eigenvalue weighted by Gasteiger charge is 2.15. The molecule has 1 amide bonds. The first-order chi connectivity index (χ1) is 17.7. The lowest BCUT2D eigenvalue weighted by atomic mass is 10.2. The van der Waals surface area contributed by atoms with Crippen LogP contribution in [0.2, 0.25) is 0 Å². The van der Waals surface area contributed by atoms with Gasteiger partial charge in [-0.05, 0) is 54.1 Å². The summed E-state index contributed by atoms with van der Waals surface area (Å²) in [5.74, 6) is 1.86. The molecule has 5 rings (SSSR count). The van der Waals surface area contributed by atoms with Crippen molar-refractivity contribution in [3.63, 3.8) is 0 Å². The molecule has 7 heteroatoms. The van der Waals surface area contributed by atoms with E-state index in [-0.39, 0.29) is 5.91 Å². The Bertz CT molecular complexity index is 1420. The Kier molecular flexibility index (Phi) is 7.20.